The molecule has 0 radical (unpaired) electrons. The summed E-state index contributed by atoms with van der Waals surface area (Å²) >= 11 is 0. The van der Waals surface area contributed by atoms with Crippen LogP contribution in [0.3, 0.4) is 0 Å². The number of carbonyl (C=O) groups excluding carboxylic acids is 2. The standard InChI is InChI=1S/C22H20FN3O4/c23-14-4-5-15-18(12-14)30-25-20(15)13-6-8-26(9-7-13)10-11-29-17-3-1-2-16-19(17)22(28)24-21(16)27/h1-5,12-13H,6-11H2,(H,24,27,28). The number of benzene rings is 2. The van der Waals surface area contributed by atoms with Gasteiger partial charge in [-0.15, -0.1) is 0 Å². The summed E-state index contributed by atoms with van der Waals surface area (Å²) in [5, 5.41) is 7.36. The van der Waals surface area contributed by atoms with E-state index in [2.05, 4.69) is 15.4 Å². The van der Waals surface area contributed by atoms with Crippen LogP contribution in [0.2, 0.25) is 0 Å². The molecule has 3 aromatic rings. The molecule has 1 N–H and O–H groups in total. The van der Waals surface area contributed by atoms with E-state index in [1.54, 1.807) is 24.3 Å². The second kappa shape index (κ2) is 7.53. The molecule has 5 rings (SSSR count). The lowest BCUT2D eigenvalue weighted by atomic mass is 9.91. The van der Waals surface area contributed by atoms with Crippen LogP contribution in [0.5, 0.6) is 5.75 Å². The summed E-state index contributed by atoms with van der Waals surface area (Å²) in [5.74, 6) is -0.407. The van der Waals surface area contributed by atoms with Gasteiger partial charge in [-0.25, -0.2) is 4.39 Å². The number of hydrogen-bond donors (Lipinski definition) is 1. The third-order valence-electron chi connectivity index (χ3n) is 5.83. The number of rotatable bonds is 5. The van der Waals surface area contributed by atoms with Crippen molar-refractivity contribution in [3.8, 4) is 5.75 Å². The second-order valence-electron chi connectivity index (χ2n) is 7.63. The fourth-order valence-corrected chi connectivity index (χ4v) is 4.25. The summed E-state index contributed by atoms with van der Waals surface area (Å²) in [6.07, 6.45) is 1.85. The Balaban J connectivity index is 1.17. The minimum Gasteiger partial charge on any atom is -0.491 e. The van der Waals surface area contributed by atoms with E-state index in [1.165, 1.54) is 12.1 Å². The Labute approximate surface area is 171 Å². The summed E-state index contributed by atoms with van der Waals surface area (Å²) in [5.41, 5.74) is 2.06. The smallest absolute Gasteiger partial charge is 0.262 e. The Kier molecular flexibility index (Phi) is 4.71. The SMILES string of the molecule is O=C1NC(=O)c2c(OCCN3CCC(c4noc5cc(F)ccc45)CC3)cccc21. The van der Waals surface area contributed by atoms with Crippen LogP contribution >= 0.6 is 0 Å². The van der Waals surface area contributed by atoms with Crippen LogP contribution in [0.1, 0.15) is 45.2 Å². The Hall–Kier alpha value is -3.26. The van der Waals surface area contributed by atoms with Gasteiger partial charge in [0.25, 0.3) is 11.8 Å². The maximum Gasteiger partial charge on any atom is 0.262 e. The summed E-state index contributed by atoms with van der Waals surface area (Å²) in [6.45, 7) is 2.91. The monoisotopic (exact) mass is 409 g/mol. The zero-order valence-corrected chi connectivity index (χ0v) is 16.2. The molecule has 7 nitrogen and oxygen atoms in total. The third kappa shape index (κ3) is 3.33. The van der Waals surface area contributed by atoms with E-state index in [1.807, 2.05) is 0 Å². The van der Waals surface area contributed by atoms with Crippen molar-refractivity contribution in [3.63, 3.8) is 0 Å². The van der Waals surface area contributed by atoms with Crippen molar-refractivity contribution >= 4 is 22.8 Å². The summed E-state index contributed by atoms with van der Waals surface area (Å²) in [6, 6.07) is 9.58. The summed E-state index contributed by atoms with van der Waals surface area (Å²) < 4.78 is 24.5. The van der Waals surface area contributed by atoms with Gasteiger partial charge in [0.15, 0.2) is 5.58 Å². The lowest BCUT2D eigenvalue weighted by molar-refractivity contribution is 0.0878. The fourth-order valence-electron chi connectivity index (χ4n) is 4.25. The van der Waals surface area contributed by atoms with Crippen LogP contribution in [0.25, 0.3) is 11.0 Å². The number of aromatic nitrogens is 1. The highest BCUT2D eigenvalue weighted by molar-refractivity contribution is 6.22. The maximum atomic E-state index is 13.3. The normalized spacial score (nSPS) is 17.4. The Bertz CT molecular complexity index is 1130. The van der Waals surface area contributed by atoms with Gasteiger partial charge < -0.3 is 9.26 Å². The minimum absolute atomic E-state index is 0.279. The lowest BCUT2D eigenvalue weighted by Gasteiger charge is -2.31. The molecule has 1 aromatic heterocycles. The molecule has 0 aliphatic carbocycles. The van der Waals surface area contributed by atoms with Gasteiger partial charge in [0.05, 0.1) is 16.8 Å². The van der Waals surface area contributed by atoms with Crippen LogP contribution in [-0.2, 0) is 0 Å². The zero-order chi connectivity index (χ0) is 20.7. The maximum absolute atomic E-state index is 13.3. The van der Waals surface area contributed by atoms with Crippen molar-refractivity contribution < 1.29 is 23.2 Å². The molecule has 154 valence electrons. The molecule has 0 saturated carbocycles. The molecular formula is C22H20FN3O4. The van der Waals surface area contributed by atoms with Gasteiger partial charge in [-0.1, -0.05) is 11.2 Å². The van der Waals surface area contributed by atoms with E-state index in [4.69, 9.17) is 9.26 Å². The largest absolute Gasteiger partial charge is 0.491 e. The molecule has 0 bridgehead atoms. The first kappa shape index (κ1) is 18.7. The van der Waals surface area contributed by atoms with Gasteiger partial charge in [-0.3, -0.25) is 19.8 Å². The Morgan fingerprint density at radius 2 is 2.00 bits per heavy atom. The number of imide groups is 1. The van der Waals surface area contributed by atoms with Gasteiger partial charge in [0, 0.05) is 23.9 Å². The van der Waals surface area contributed by atoms with Crippen molar-refractivity contribution in [2.45, 2.75) is 18.8 Å². The van der Waals surface area contributed by atoms with E-state index in [0.717, 1.165) is 43.6 Å². The lowest BCUT2D eigenvalue weighted by Crippen LogP contribution is -2.36. The van der Waals surface area contributed by atoms with Crippen LogP contribution in [0.15, 0.2) is 40.9 Å². The highest BCUT2D eigenvalue weighted by atomic mass is 19.1. The average Bonchev–Trinajstić information content (AvgIpc) is 3.29. The fraction of sp³-hybridized carbons (Fsp3) is 0.318. The first-order valence-corrected chi connectivity index (χ1v) is 9.99. The molecule has 0 spiro atoms. The highest BCUT2D eigenvalue weighted by Gasteiger charge is 2.30. The number of halogens is 1. The van der Waals surface area contributed by atoms with Gasteiger partial charge in [0.1, 0.15) is 18.2 Å². The first-order valence-electron chi connectivity index (χ1n) is 9.99. The molecule has 1 saturated heterocycles. The minimum atomic E-state index is -0.411. The van der Waals surface area contributed by atoms with Crippen molar-refractivity contribution in [1.82, 2.24) is 15.4 Å². The number of nitrogens with one attached hydrogen (secondary N) is 1. The number of amides is 2. The molecule has 0 atom stereocenters. The number of carbonyl (C=O) groups is 2. The second-order valence-corrected chi connectivity index (χ2v) is 7.63. The molecular weight excluding hydrogens is 389 g/mol. The average molecular weight is 409 g/mol. The van der Waals surface area contributed by atoms with E-state index in [0.29, 0.717) is 29.1 Å². The number of nitrogens with zero attached hydrogens (tertiary/aromatic N) is 2. The van der Waals surface area contributed by atoms with E-state index >= 15 is 0 Å². The molecule has 0 unspecified atom stereocenters. The molecule has 2 aliphatic rings. The number of ether oxygens (including phenoxy) is 1. The van der Waals surface area contributed by atoms with Crippen LogP contribution in [0.4, 0.5) is 4.39 Å². The van der Waals surface area contributed by atoms with Crippen molar-refractivity contribution in [3.05, 3.63) is 59.0 Å². The molecule has 1 fully saturated rings. The highest BCUT2D eigenvalue weighted by Crippen LogP contribution is 2.33. The topological polar surface area (TPSA) is 84.7 Å². The number of likely N-dealkylation sites (tertiary alicyclic amines) is 1. The molecule has 2 amide bonds. The van der Waals surface area contributed by atoms with Crippen LogP contribution in [0, 0.1) is 5.82 Å². The molecule has 3 heterocycles. The Morgan fingerprint density at radius 3 is 2.83 bits per heavy atom. The number of hydrogen-bond acceptors (Lipinski definition) is 6. The van der Waals surface area contributed by atoms with Gasteiger partial charge in [-0.05, 0) is 50.2 Å². The van der Waals surface area contributed by atoms with Gasteiger partial charge >= 0.3 is 0 Å². The van der Waals surface area contributed by atoms with Crippen LogP contribution < -0.4 is 10.1 Å². The van der Waals surface area contributed by atoms with E-state index in [-0.39, 0.29) is 17.6 Å². The summed E-state index contributed by atoms with van der Waals surface area (Å²) in [7, 11) is 0. The first-order chi connectivity index (χ1) is 14.6. The number of piperidine rings is 1. The van der Waals surface area contributed by atoms with Gasteiger partial charge in [-0.2, -0.15) is 0 Å². The number of fused-ring (bicyclic) bond motifs is 2. The molecule has 2 aliphatic heterocycles. The third-order valence-corrected chi connectivity index (χ3v) is 5.83. The van der Waals surface area contributed by atoms with E-state index in [9.17, 15) is 14.0 Å². The zero-order valence-electron chi connectivity index (χ0n) is 16.2. The molecule has 30 heavy (non-hydrogen) atoms. The summed E-state index contributed by atoms with van der Waals surface area (Å²) in [4.78, 5) is 26.0. The quantitative estimate of drug-likeness (QED) is 0.652. The van der Waals surface area contributed by atoms with Crippen molar-refractivity contribution in [2.75, 3.05) is 26.2 Å². The van der Waals surface area contributed by atoms with Crippen molar-refractivity contribution in [1.29, 1.82) is 0 Å². The van der Waals surface area contributed by atoms with Crippen LogP contribution in [-0.4, -0.2) is 48.1 Å². The Morgan fingerprint density at radius 1 is 1.17 bits per heavy atom. The predicted octanol–water partition coefficient (Wildman–Crippen LogP) is 3.11. The van der Waals surface area contributed by atoms with Crippen molar-refractivity contribution in [2.24, 2.45) is 0 Å². The predicted molar refractivity (Wildman–Crippen MR) is 106 cm³/mol. The van der Waals surface area contributed by atoms with E-state index < -0.39 is 5.91 Å². The van der Waals surface area contributed by atoms with Gasteiger partial charge in [0.2, 0.25) is 0 Å². The molecule has 2 aromatic carbocycles. The molecule has 8 heteroatoms.